The highest BCUT2D eigenvalue weighted by Crippen LogP contribution is 2.30. The Morgan fingerprint density at radius 3 is 2.26 bits per heavy atom. The maximum absolute atomic E-state index is 6.11. The molecule has 0 unspecified atom stereocenters. The van der Waals surface area contributed by atoms with Gasteiger partial charge in [-0.15, -0.1) is 10.2 Å². The maximum atomic E-state index is 6.11. The number of thioether (sulfide) groups is 1. The normalized spacial score (nSPS) is 11.8. The van der Waals surface area contributed by atoms with Gasteiger partial charge in [0.2, 0.25) is 0 Å². The van der Waals surface area contributed by atoms with E-state index >= 15 is 0 Å². The van der Waals surface area contributed by atoms with Crippen molar-refractivity contribution in [2.24, 2.45) is 0 Å². The van der Waals surface area contributed by atoms with Crippen molar-refractivity contribution >= 4 is 35.0 Å². The highest BCUT2D eigenvalue weighted by Gasteiger charge is 2.16. The van der Waals surface area contributed by atoms with Gasteiger partial charge in [0, 0.05) is 17.9 Å². The van der Waals surface area contributed by atoms with Crippen LogP contribution in [0.25, 0.3) is 11.4 Å². The molecule has 0 saturated heterocycles. The van der Waals surface area contributed by atoms with Gasteiger partial charge in [-0.1, -0.05) is 86.1 Å². The molecule has 0 bridgehead atoms. The Balaban J connectivity index is 1.81. The van der Waals surface area contributed by atoms with Crippen molar-refractivity contribution < 1.29 is 0 Å². The molecule has 6 heteroatoms. The molecular weight excluding hydrogens is 397 g/mol. The molecule has 0 spiro atoms. The van der Waals surface area contributed by atoms with E-state index in [-0.39, 0.29) is 5.41 Å². The van der Waals surface area contributed by atoms with E-state index in [1.165, 1.54) is 5.56 Å². The molecule has 0 radical (unpaired) electrons. The van der Waals surface area contributed by atoms with Gasteiger partial charge < -0.3 is 4.57 Å². The van der Waals surface area contributed by atoms with Gasteiger partial charge in [0.05, 0.1) is 10.0 Å². The summed E-state index contributed by atoms with van der Waals surface area (Å²) in [6.45, 7) is 9.57. The van der Waals surface area contributed by atoms with Crippen LogP contribution in [0.5, 0.6) is 0 Å². The summed E-state index contributed by atoms with van der Waals surface area (Å²) < 4.78 is 2.15. The summed E-state index contributed by atoms with van der Waals surface area (Å²) in [7, 11) is 0. The maximum Gasteiger partial charge on any atom is 0.191 e. The van der Waals surface area contributed by atoms with E-state index < -0.39 is 0 Å². The van der Waals surface area contributed by atoms with Crippen LogP contribution in [-0.2, 0) is 17.7 Å². The lowest BCUT2D eigenvalue weighted by atomic mass is 9.87. The van der Waals surface area contributed by atoms with Crippen LogP contribution in [-0.4, -0.2) is 14.8 Å². The quantitative estimate of drug-likeness (QED) is 0.423. The zero-order valence-electron chi connectivity index (χ0n) is 16.0. The molecule has 0 N–H and O–H groups in total. The fraction of sp³-hybridized carbons (Fsp3) is 0.333. The molecule has 0 amide bonds. The second-order valence-electron chi connectivity index (χ2n) is 7.41. The summed E-state index contributed by atoms with van der Waals surface area (Å²) in [5.74, 6) is 1.66. The van der Waals surface area contributed by atoms with Crippen LogP contribution in [0.15, 0.2) is 47.6 Å². The minimum atomic E-state index is 0.137. The van der Waals surface area contributed by atoms with Crippen molar-refractivity contribution in [3.8, 4) is 11.4 Å². The first-order valence-electron chi connectivity index (χ1n) is 8.90. The third-order valence-corrected chi connectivity index (χ3v) is 6.17. The topological polar surface area (TPSA) is 30.7 Å². The summed E-state index contributed by atoms with van der Waals surface area (Å²) in [5.41, 5.74) is 3.63. The Labute approximate surface area is 175 Å². The summed E-state index contributed by atoms with van der Waals surface area (Å²) >= 11 is 13.7. The standard InChI is InChI=1S/C21H23Cl2N3S/c1-5-26-19(15-7-9-16(10-8-15)21(2,3)4)24-25-20(26)27-13-14-6-11-17(22)18(23)12-14/h6-12H,5,13H2,1-4H3. The summed E-state index contributed by atoms with van der Waals surface area (Å²) in [4.78, 5) is 0. The predicted octanol–water partition coefficient (Wildman–Crippen LogP) is 6.86. The molecule has 27 heavy (non-hydrogen) atoms. The number of nitrogens with zero attached hydrogens (tertiary/aromatic N) is 3. The molecule has 3 aromatic rings. The molecule has 3 nitrogen and oxygen atoms in total. The van der Waals surface area contributed by atoms with Gasteiger partial charge in [-0.2, -0.15) is 0 Å². The molecule has 2 aromatic carbocycles. The van der Waals surface area contributed by atoms with Gasteiger partial charge in [-0.3, -0.25) is 0 Å². The van der Waals surface area contributed by atoms with Crippen LogP contribution in [0.3, 0.4) is 0 Å². The second-order valence-corrected chi connectivity index (χ2v) is 9.17. The second kappa shape index (κ2) is 8.26. The Morgan fingerprint density at radius 1 is 0.963 bits per heavy atom. The number of rotatable bonds is 5. The molecule has 0 aliphatic rings. The number of benzene rings is 2. The number of halogens is 2. The van der Waals surface area contributed by atoms with E-state index in [0.717, 1.165) is 34.4 Å². The van der Waals surface area contributed by atoms with E-state index in [9.17, 15) is 0 Å². The van der Waals surface area contributed by atoms with Crippen LogP contribution in [0.2, 0.25) is 10.0 Å². The lowest BCUT2D eigenvalue weighted by molar-refractivity contribution is 0.590. The minimum absolute atomic E-state index is 0.137. The van der Waals surface area contributed by atoms with Crippen LogP contribution in [0, 0.1) is 0 Å². The van der Waals surface area contributed by atoms with Gasteiger partial charge in [-0.25, -0.2) is 0 Å². The monoisotopic (exact) mass is 419 g/mol. The largest absolute Gasteiger partial charge is 0.302 e. The third kappa shape index (κ3) is 4.68. The van der Waals surface area contributed by atoms with E-state index in [4.69, 9.17) is 23.2 Å². The van der Waals surface area contributed by atoms with Crippen LogP contribution in [0.1, 0.15) is 38.8 Å². The van der Waals surface area contributed by atoms with Crippen LogP contribution >= 0.6 is 35.0 Å². The van der Waals surface area contributed by atoms with Crippen LogP contribution in [0.4, 0.5) is 0 Å². The number of hydrogen-bond acceptors (Lipinski definition) is 3. The molecular formula is C21H23Cl2N3S. The van der Waals surface area contributed by atoms with Crippen molar-refractivity contribution in [2.75, 3.05) is 0 Å². The van der Waals surface area contributed by atoms with Gasteiger partial charge in [-0.05, 0) is 35.6 Å². The van der Waals surface area contributed by atoms with E-state index in [1.807, 2.05) is 18.2 Å². The van der Waals surface area contributed by atoms with Gasteiger partial charge in [0.25, 0.3) is 0 Å². The van der Waals surface area contributed by atoms with Gasteiger partial charge >= 0.3 is 0 Å². The first-order valence-corrected chi connectivity index (χ1v) is 10.6. The Morgan fingerprint density at radius 2 is 1.67 bits per heavy atom. The molecule has 0 fully saturated rings. The van der Waals surface area contributed by atoms with Gasteiger partial charge in [0.15, 0.2) is 11.0 Å². The van der Waals surface area contributed by atoms with Crippen molar-refractivity contribution in [3.05, 3.63) is 63.6 Å². The molecule has 0 aliphatic carbocycles. The molecule has 1 aromatic heterocycles. The smallest absolute Gasteiger partial charge is 0.191 e. The van der Waals surface area contributed by atoms with Crippen molar-refractivity contribution in [3.63, 3.8) is 0 Å². The summed E-state index contributed by atoms with van der Waals surface area (Å²) in [6.07, 6.45) is 0. The van der Waals surface area contributed by atoms with Crippen LogP contribution < -0.4 is 0 Å². The van der Waals surface area contributed by atoms with Gasteiger partial charge in [0.1, 0.15) is 0 Å². The molecule has 0 atom stereocenters. The molecule has 1 heterocycles. The van der Waals surface area contributed by atoms with E-state index in [1.54, 1.807) is 11.8 Å². The molecule has 3 rings (SSSR count). The highest BCUT2D eigenvalue weighted by atomic mass is 35.5. The minimum Gasteiger partial charge on any atom is -0.302 e. The molecule has 0 saturated carbocycles. The number of hydrogen-bond donors (Lipinski definition) is 0. The van der Waals surface area contributed by atoms with E-state index in [2.05, 4.69) is 66.7 Å². The first-order chi connectivity index (χ1) is 12.8. The first kappa shape index (κ1) is 20.2. The van der Waals surface area contributed by atoms with Crippen molar-refractivity contribution in [1.82, 2.24) is 14.8 Å². The summed E-state index contributed by atoms with van der Waals surface area (Å²) in [6, 6.07) is 14.3. The third-order valence-electron chi connectivity index (χ3n) is 4.39. The predicted molar refractivity (Wildman–Crippen MR) is 116 cm³/mol. The average molecular weight is 420 g/mol. The summed E-state index contributed by atoms with van der Waals surface area (Å²) in [5, 5.41) is 10.9. The zero-order chi connectivity index (χ0) is 19.6. The fourth-order valence-electron chi connectivity index (χ4n) is 2.79. The average Bonchev–Trinajstić information content (AvgIpc) is 3.05. The Hall–Kier alpha value is -1.49. The number of aromatic nitrogens is 3. The highest BCUT2D eigenvalue weighted by molar-refractivity contribution is 7.98. The SMILES string of the molecule is CCn1c(SCc2ccc(Cl)c(Cl)c2)nnc1-c1ccc(C(C)(C)C)cc1. The Bertz CT molecular complexity index is 928. The lowest BCUT2D eigenvalue weighted by Gasteiger charge is -2.19. The molecule has 0 aliphatic heterocycles. The van der Waals surface area contributed by atoms with E-state index in [0.29, 0.717) is 10.0 Å². The fourth-order valence-corrected chi connectivity index (χ4v) is 4.06. The van der Waals surface area contributed by atoms with Crippen molar-refractivity contribution in [2.45, 2.75) is 50.6 Å². The lowest BCUT2D eigenvalue weighted by Crippen LogP contribution is -2.10. The van der Waals surface area contributed by atoms with Crippen molar-refractivity contribution in [1.29, 1.82) is 0 Å². The zero-order valence-corrected chi connectivity index (χ0v) is 18.3. The Kier molecular flexibility index (Phi) is 6.19. The molecule has 142 valence electrons.